The first-order chi connectivity index (χ1) is 19.7. The summed E-state index contributed by atoms with van der Waals surface area (Å²) >= 11 is 1.55. The first kappa shape index (κ1) is 39.3. The van der Waals surface area contributed by atoms with Crippen LogP contribution < -0.4 is 5.11 Å². The predicted molar refractivity (Wildman–Crippen MR) is 149 cm³/mol. The molecule has 14 nitrogen and oxygen atoms in total. The van der Waals surface area contributed by atoms with E-state index in [1.165, 1.54) is 27.0 Å². The predicted octanol–water partition coefficient (Wildman–Crippen LogP) is -0.755. The number of ether oxygens (including phenoxy) is 6. The van der Waals surface area contributed by atoms with Gasteiger partial charge in [0.05, 0.1) is 46.4 Å². The number of hydrogen-bond donors (Lipinski definition) is 1. The molecule has 1 N–H and O–H groups in total. The van der Waals surface area contributed by atoms with Crippen LogP contribution in [0.15, 0.2) is 12.7 Å². The van der Waals surface area contributed by atoms with Gasteiger partial charge in [0.15, 0.2) is 12.2 Å². The number of carboxylic acids is 1. The lowest BCUT2D eigenvalue weighted by atomic mass is 10.2. The van der Waals surface area contributed by atoms with Crippen LogP contribution in [0, 0.1) is 0 Å². The van der Waals surface area contributed by atoms with E-state index in [4.69, 9.17) is 28.4 Å². The number of carboxylic acid groups (broad SMARTS) is 1. The zero-order valence-electron chi connectivity index (χ0n) is 25.1. The van der Waals surface area contributed by atoms with Gasteiger partial charge in [-0.2, -0.15) is 11.8 Å². The number of aliphatic hydroxyl groups excluding tert-OH is 1. The summed E-state index contributed by atoms with van der Waals surface area (Å²) in [6.07, 6.45) is -3.91. The molecule has 0 bridgehead atoms. The number of quaternary nitrogens is 1. The van der Waals surface area contributed by atoms with E-state index in [0.717, 1.165) is 0 Å². The van der Waals surface area contributed by atoms with Crippen molar-refractivity contribution in [3.8, 4) is 0 Å². The van der Waals surface area contributed by atoms with Crippen LogP contribution in [0.5, 0.6) is 0 Å². The molecule has 0 aliphatic heterocycles. The molecule has 4 atom stereocenters. The molecule has 0 spiro atoms. The monoisotopic (exact) mass is 623 g/mol. The Morgan fingerprint density at radius 3 is 2.14 bits per heavy atom. The summed E-state index contributed by atoms with van der Waals surface area (Å²) in [7, 11) is 5.09. The van der Waals surface area contributed by atoms with Crippen molar-refractivity contribution in [3.63, 3.8) is 0 Å². The fourth-order valence-electron chi connectivity index (χ4n) is 3.09. The summed E-state index contributed by atoms with van der Waals surface area (Å²) in [5.41, 5.74) is 0. The highest BCUT2D eigenvalue weighted by atomic mass is 32.2. The number of aliphatic hydroxyl groups is 1. The highest BCUT2D eigenvalue weighted by Crippen LogP contribution is 2.14. The standard InChI is InChI=1S/C27H45NO13S/c1-7-9-21(40-24(32)19(2)29)27(35)39-20(3)25(33)41-22(26(34)38-15-14-37-13-12-36-6)10-8-16-42-17-11-28(4,5)18-23(30)31/h7,19-22,29H,1,8-18H2,2-6H3. The normalized spacial score (nSPS) is 14.1. The molecule has 4 unspecified atom stereocenters. The maximum Gasteiger partial charge on any atom is 0.348 e. The van der Waals surface area contributed by atoms with E-state index >= 15 is 0 Å². The smallest absolute Gasteiger partial charge is 0.348 e. The molecule has 0 aliphatic rings. The summed E-state index contributed by atoms with van der Waals surface area (Å²) in [6, 6.07) is 0. The number of hydrogen-bond acceptors (Lipinski definition) is 14. The van der Waals surface area contributed by atoms with Crippen LogP contribution in [-0.2, 0) is 52.4 Å². The van der Waals surface area contributed by atoms with Crippen molar-refractivity contribution in [3.05, 3.63) is 12.7 Å². The van der Waals surface area contributed by atoms with Crippen molar-refractivity contribution in [2.24, 2.45) is 0 Å². The minimum absolute atomic E-state index is 0.0841. The molecule has 0 aromatic rings. The molecule has 0 radical (unpaired) electrons. The van der Waals surface area contributed by atoms with Crippen LogP contribution in [0.1, 0.15) is 33.1 Å². The second-order valence-electron chi connectivity index (χ2n) is 9.85. The van der Waals surface area contributed by atoms with Gasteiger partial charge in [-0.3, -0.25) is 0 Å². The Hall–Kier alpha value is -2.72. The average molecular weight is 624 g/mol. The van der Waals surface area contributed by atoms with Crippen LogP contribution in [-0.4, -0.2) is 136 Å². The van der Waals surface area contributed by atoms with Gasteiger partial charge in [0.1, 0.15) is 19.3 Å². The molecule has 0 saturated heterocycles. The first-order valence-corrected chi connectivity index (χ1v) is 14.6. The fraction of sp³-hybridized carbons (Fsp3) is 0.741. The summed E-state index contributed by atoms with van der Waals surface area (Å²) in [5.74, 6) is -3.81. The minimum atomic E-state index is -1.48. The van der Waals surface area contributed by atoms with Crippen molar-refractivity contribution < 1.29 is 67.1 Å². The van der Waals surface area contributed by atoms with Gasteiger partial charge < -0.3 is 47.9 Å². The molecule has 0 saturated carbocycles. The van der Waals surface area contributed by atoms with Crippen LogP contribution in [0.4, 0.5) is 0 Å². The fourth-order valence-corrected chi connectivity index (χ4v) is 4.29. The Balaban J connectivity index is 5.08. The van der Waals surface area contributed by atoms with Crippen LogP contribution in [0.2, 0.25) is 0 Å². The van der Waals surface area contributed by atoms with E-state index in [9.17, 15) is 34.2 Å². The molecule has 0 heterocycles. The largest absolute Gasteiger partial charge is 0.544 e. The lowest BCUT2D eigenvalue weighted by Crippen LogP contribution is -2.49. The molecule has 42 heavy (non-hydrogen) atoms. The average Bonchev–Trinajstić information content (AvgIpc) is 2.90. The van der Waals surface area contributed by atoms with E-state index < -0.39 is 54.3 Å². The van der Waals surface area contributed by atoms with Crippen molar-refractivity contribution in [2.75, 3.05) is 72.2 Å². The lowest BCUT2D eigenvalue weighted by molar-refractivity contribution is -0.882. The summed E-state index contributed by atoms with van der Waals surface area (Å²) in [6.45, 7) is 7.05. The molecule has 0 aromatic heterocycles. The van der Waals surface area contributed by atoms with Gasteiger partial charge in [-0.15, -0.1) is 6.58 Å². The van der Waals surface area contributed by atoms with Crippen LogP contribution in [0.3, 0.4) is 0 Å². The SMILES string of the molecule is C=CCC(OC(=O)C(C)O)C(=O)OC(C)C(=O)OC(CCCSCC[N+](C)(C)CC(=O)[O-])C(=O)OCCOCCOC. The second kappa shape index (κ2) is 21.9. The zero-order valence-corrected chi connectivity index (χ0v) is 25.9. The number of likely N-dealkylation sites (N-methyl/N-ethyl adjacent to an activating group) is 1. The van der Waals surface area contributed by atoms with Gasteiger partial charge in [-0.05, 0) is 32.4 Å². The zero-order chi connectivity index (χ0) is 32.1. The van der Waals surface area contributed by atoms with Crippen molar-refractivity contribution >= 4 is 41.6 Å². The molecule has 242 valence electrons. The maximum absolute atomic E-state index is 12.7. The number of methoxy groups -OCH3 is 1. The number of thioether (sulfide) groups is 1. The molecule has 0 rings (SSSR count). The Bertz CT molecular complexity index is 865. The number of nitrogens with zero attached hydrogens (tertiary/aromatic N) is 1. The molecule has 15 heteroatoms. The third-order valence-corrected chi connectivity index (χ3v) is 6.49. The van der Waals surface area contributed by atoms with Crippen molar-refractivity contribution in [1.82, 2.24) is 0 Å². The molecule has 0 aliphatic carbocycles. The number of aliphatic carboxylic acids is 1. The second-order valence-corrected chi connectivity index (χ2v) is 11.1. The van der Waals surface area contributed by atoms with Gasteiger partial charge in [0, 0.05) is 19.3 Å². The van der Waals surface area contributed by atoms with Crippen LogP contribution in [0.25, 0.3) is 0 Å². The van der Waals surface area contributed by atoms with Crippen LogP contribution >= 0.6 is 11.8 Å². The summed E-state index contributed by atoms with van der Waals surface area (Å²) < 4.78 is 30.9. The number of esters is 4. The van der Waals surface area contributed by atoms with Crippen molar-refractivity contribution in [1.29, 1.82) is 0 Å². The highest BCUT2D eigenvalue weighted by Gasteiger charge is 2.32. The number of carbonyl (C=O) groups excluding carboxylic acids is 5. The maximum atomic E-state index is 12.7. The van der Waals surface area contributed by atoms with E-state index in [0.29, 0.717) is 37.7 Å². The Morgan fingerprint density at radius 1 is 0.905 bits per heavy atom. The van der Waals surface area contributed by atoms with Gasteiger partial charge >= 0.3 is 23.9 Å². The Labute approximate surface area is 251 Å². The molecule has 0 amide bonds. The van der Waals surface area contributed by atoms with Gasteiger partial charge in [-0.25, -0.2) is 19.2 Å². The lowest BCUT2D eigenvalue weighted by Gasteiger charge is -2.29. The van der Waals surface area contributed by atoms with Gasteiger partial charge in [0.25, 0.3) is 0 Å². The third kappa shape index (κ3) is 18.7. The van der Waals surface area contributed by atoms with Gasteiger partial charge in [0.2, 0.25) is 6.10 Å². The third-order valence-electron chi connectivity index (χ3n) is 5.45. The van der Waals surface area contributed by atoms with E-state index in [1.807, 2.05) is 0 Å². The molecule has 0 fully saturated rings. The summed E-state index contributed by atoms with van der Waals surface area (Å²) in [4.78, 5) is 60.4. The van der Waals surface area contributed by atoms with Crippen molar-refractivity contribution in [2.45, 2.75) is 57.5 Å². The quantitative estimate of drug-likeness (QED) is 0.0465. The summed E-state index contributed by atoms with van der Waals surface area (Å²) in [5, 5.41) is 20.2. The minimum Gasteiger partial charge on any atom is -0.544 e. The Morgan fingerprint density at radius 2 is 1.55 bits per heavy atom. The van der Waals surface area contributed by atoms with E-state index in [2.05, 4.69) is 6.58 Å². The molecular formula is C27H45NO13S. The number of rotatable bonds is 24. The Kier molecular flexibility index (Phi) is 20.5. The highest BCUT2D eigenvalue weighted by molar-refractivity contribution is 7.99. The van der Waals surface area contributed by atoms with E-state index in [-0.39, 0.29) is 37.1 Å². The first-order valence-electron chi connectivity index (χ1n) is 13.5. The number of carbonyl (C=O) groups is 5. The molecule has 0 aromatic carbocycles. The van der Waals surface area contributed by atoms with Gasteiger partial charge in [-0.1, -0.05) is 6.08 Å². The molecular weight excluding hydrogens is 578 g/mol. The van der Waals surface area contributed by atoms with E-state index in [1.54, 1.807) is 25.9 Å². The topological polar surface area (TPSA) is 184 Å².